The predicted molar refractivity (Wildman–Crippen MR) is 132 cm³/mol. The van der Waals surface area contributed by atoms with Gasteiger partial charge >= 0.3 is 19.8 Å². The Hall–Kier alpha value is -3.35. The quantitative estimate of drug-likeness (QED) is 0.118. The van der Waals surface area contributed by atoms with E-state index >= 15 is 4.11 Å². The second-order valence-corrected chi connectivity index (χ2v) is 11.2. The van der Waals surface area contributed by atoms with E-state index in [4.69, 9.17) is 16.3 Å². The SMILES string of the molecule is COC(=O)c1ccc(-c2ccc([Si](F)(c3ccccc3)c3ccccc3)c(C(F)(F)Cl)c2)cc1. The predicted octanol–water partition coefficient (Wildman–Crippen LogP) is 5.36. The van der Waals surface area contributed by atoms with E-state index in [2.05, 4.69) is 0 Å². The number of hydrogen-bond donors (Lipinski definition) is 0. The van der Waals surface area contributed by atoms with E-state index < -0.39 is 25.3 Å². The van der Waals surface area contributed by atoms with Crippen LogP contribution in [0.4, 0.5) is 12.9 Å². The lowest BCUT2D eigenvalue weighted by atomic mass is 10.0. The molecule has 0 saturated heterocycles. The lowest BCUT2D eigenvalue weighted by Crippen LogP contribution is -2.65. The molecule has 0 amide bonds. The Morgan fingerprint density at radius 1 is 0.794 bits per heavy atom. The van der Waals surface area contributed by atoms with Crippen molar-refractivity contribution in [1.29, 1.82) is 0 Å². The average Bonchev–Trinajstić information content (AvgIpc) is 2.88. The molecule has 7 heteroatoms. The lowest BCUT2D eigenvalue weighted by molar-refractivity contribution is 0.0600. The van der Waals surface area contributed by atoms with Crippen molar-refractivity contribution in [2.45, 2.75) is 5.38 Å². The summed E-state index contributed by atoms with van der Waals surface area (Å²) in [5.74, 6) is -0.506. The van der Waals surface area contributed by atoms with Crippen molar-refractivity contribution < 1.29 is 22.4 Å². The van der Waals surface area contributed by atoms with Crippen LogP contribution in [0.1, 0.15) is 15.9 Å². The van der Waals surface area contributed by atoms with E-state index in [0.717, 1.165) is 0 Å². The highest BCUT2D eigenvalue weighted by Crippen LogP contribution is 2.35. The highest BCUT2D eigenvalue weighted by atomic mass is 35.5. The van der Waals surface area contributed by atoms with Crippen LogP contribution in [0.25, 0.3) is 11.1 Å². The Morgan fingerprint density at radius 3 is 1.76 bits per heavy atom. The summed E-state index contributed by atoms with van der Waals surface area (Å²) in [4.78, 5) is 11.7. The van der Waals surface area contributed by atoms with Gasteiger partial charge in [0.2, 0.25) is 0 Å². The fourth-order valence-corrected chi connectivity index (χ4v) is 7.40. The highest BCUT2D eigenvalue weighted by molar-refractivity contribution is 7.07. The normalized spacial score (nSPS) is 11.8. The molecule has 0 radical (unpaired) electrons. The molecule has 0 N–H and O–H groups in total. The van der Waals surface area contributed by atoms with Crippen molar-refractivity contribution in [3.8, 4) is 11.1 Å². The number of alkyl halides is 3. The molecule has 4 rings (SSSR count). The summed E-state index contributed by atoms with van der Waals surface area (Å²) in [5, 5.41) is -3.22. The summed E-state index contributed by atoms with van der Waals surface area (Å²) in [6, 6.07) is 27.3. The van der Waals surface area contributed by atoms with Gasteiger partial charge in [-0.2, -0.15) is 8.78 Å². The standard InChI is InChI=1S/C27H20ClF3O2Si/c1-33-26(32)20-14-12-19(13-15-20)21-16-17-25(24(18-21)27(28,29)30)34(31,22-8-4-2-5-9-22)23-10-6-3-7-11-23/h2-18H,1H3. The van der Waals surface area contributed by atoms with Gasteiger partial charge in [0, 0.05) is 5.56 Å². The molecule has 0 spiro atoms. The van der Waals surface area contributed by atoms with Crippen molar-refractivity contribution in [3.05, 3.63) is 114 Å². The molecule has 0 unspecified atom stereocenters. The van der Waals surface area contributed by atoms with Gasteiger partial charge in [-0.25, -0.2) is 4.79 Å². The zero-order chi connectivity index (χ0) is 24.3. The van der Waals surface area contributed by atoms with Gasteiger partial charge in [-0.05, 0) is 56.5 Å². The van der Waals surface area contributed by atoms with Gasteiger partial charge in [0.25, 0.3) is 0 Å². The molecule has 172 valence electrons. The summed E-state index contributed by atoms with van der Waals surface area (Å²) in [5.41, 5.74) is 0.750. The third kappa shape index (κ3) is 4.51. The third-order valence-electron chi connectivity index (χ3n) is 5.68. The maximum atomic E-state index is 17.2. The van der Waals surface area contributed by atoms with Gasteiger partial charge in [0.1, 0.15) is 0 Å². The first-order chi connectivity index (χ1) is 16.2. The van der Waals surface area contributed by atoms with Crippen LogP contribution >= 0.6 is 11.6 Å². The number of halogens is 4. The molecule has 4 aromatic carbocycles. The van der Waals surface area contributed by atoms with Crippen molar-refractivity contribution >= 4 is 41.5 Å². The summed E-state index contributed by atoms with van der Waals surface area (Å²) in [6.07, 6.45) is 0. The zero-order valence-corrected chi connectivity index (χ0v) is 19.9. The first kappa shape index (κ1) is 23.8. The van der Waals surface area contributed by atoms with Crippen LogP contribution in [0.15, 0.2) is 103 Å². The van der Waals surface area contributed by atoms with E-state index in [9.17, 15) is 13.6 Å². The molecule has 0 aliphatic rings. The second-order valence-electron chi connectivity index (χ2n) is 7.72. The lowest BCUT2D eigenvalue weighted by Gasteiger charge is -2.28. The minimum Gasteiger partial charge on any atom is -0.465 e. The van der Waals surface area contributed by atoms with E-state index in [1.165, 1.54) is 31.4 Å². The molecule has 0 atom stereocenters. The second kappa shape index (κ2) is 9.48. The Labute approximate surface area is 201 Å². The Morgan fingerprint density at radius 2 is 1.29 bits per heavy atom. The maximum absolute atomic E-state index is 17.2. The van der Waals surface area contributed by atoms with E-state index in [-0.39, 0.29) is 5.19 Å². The van der Waals surface area contributed by atoms with Crippen LogP contribution in [0.3, 0.4) is 0 Å². The zero-order valence-electron chi connectivity index (χ0n) is 18.1. The largest absolute Gasteiger partial charge is 0.465 e. The fraction of sp³-hybridized carbons (Fsp3) is 0.0741. The molecule has 0 heterocycles. The topological polar surface area (TPSA) is 26.3 Å². The summed E-state index contributed by atoms with van der Waals surface area (Å²) in [7, 11) is -3.04. The first-order valence-electron chi connectivity index (χ1n) is 10.5. The van der Waals surface area contributed by atoms with Gasteiger partial charge < -0.3 is 4.74 Å². The van der Waals surface area contributed by atoms with E-state index in [1.54, 1.807) is 78.9 Å². The third-order valence-corrected chi connectivity index (χ3v) is 9.32. The number of benzene rings is 4. The molecule has 0 bridgehead atoms. The highest BCUT2D eigenvalue weighted by Gasteiger charge is 2.47. The molecule has 0 aromatic heterocycles. The molecular formula is C27H20ClF3O2Si. The molecule has 0 aliphatic heterocycles. The molecule has 34 heavy (non-hydrogen) atoms. The summed E-state index contributed by atoms with van der Waals surface area (Å²) >= 11 is 5.55. The molecule has 0 fully saturated rings. The molecule has 0 aliphatic carbocycles. The van der Waals surface area contributed by atoms with Gasteiger partial charge in [-0.15, -0.1) is 0 Å². The number of esters is 1. The van der Waals surface area contributed by atoms with Crippen LogP contribution in [0.2, 0.25) is 0 Å². The molecular weight excluding hydrogens is 477 g/mol. The molecule has 0 saturated carbocycles. The maximum Gasteiger partial charge on any atom is 0.348 e. The van der Waals surface area contributed by atoms with Gasteiger partial charge in [-0.3, -0.25) is 4.11 Å². The number of methoxy groups -OCH3 is 1. The Kier molecular flexibility index (Phi) is 6.64. The van der Waals surface area contributed by atoms with Crippen molar-refractivity contribution in [2.75, 3.05) is 7.11 Å². The Balaban J connectivity index is 1.91. The monoisotopic (exact) mass is 496 g/mol. The fourth-order valence-electron chi connectivity index (χ4n) is 3.99. The summed E-state index contributed by atoms with van der Waals surface area (Å²) in [6.45, 7) is 0. The van der Waals surface area contributed by atoms with Crippen LogP contribution in [0.5, 0.6) is 0 Å². The van der Waals surface area contributed by atoms with Crippen molar-refractivity contribution in [1.82, 2.24) is 0 Å². The van der Waals surface area contributed by atoms with Gasteiger partial charge in [0.05, 0.1) is 12.7 Å². The van der Waals surface area contributed by atoms with E-state index in [0.29, 0.717) is 27.1 Å². The minimum atomic E-state index is -4.31. The first-order valence-corrected chi connectivity index (χ1v) is 12.7. The minimum absolute atomic E-state index is 0.111. The Bertz CT molecular complexity index is 1250. The van der Waals surface area contributed by atoms with Gasteiger partial charge in [0.15, 0.2) is 0 Å². The number of hydrogen-bond acceptors (Lipinski definition) is 2. The van der Waals surface area contributed by atoms with Crippen LogP contribution in [-0.2, 0) is 10.1 Å². The number of rotatable bonds is 6. The number of carbonyl (C=O) groups excluding carboxylic acids is 1. The number of carbonyl (C=O) groups is 1. The van der Waals surface area contributed by atoms with Crippen LogP contribution in [-0.4, -0.2) is 21.5 Å². The molecule has 2 nitrogen and oxygen atoms in total. The summed E-state index contributed by atoms with van der Waals surface area (Å²) < 4.78 is 51.4. The van der Waals surface area contributed by atoms with Crippen LogP contribution in [0, 0.1) is 0 Å². The van der Waals surface area contributed by atoms with Crippen molar-refractivity contribution in [2.24, 2.45) is 0 Å². The van der Waals surface area contributed by atoms with Crippen LogP contribution < -0.4 is 15.6 Å². The van der Waals surface area contributed by atoms with Crippen molar-refractivity contribution in [3.63, 3.8) is 0 Å². The number of ether oxygens (including phenoxy) is 1. The van der Waals surface area contributed by atoms with E-state index in [1.807, 2.05) is 0 Å². The van der Waals surface area contributed by atoms with Gasteiger partial charge in [-0.1, -0.05) is 84.9 Å². The molecule has 4 aromatic rings. The average molecular weight is 497 g/mol. The smallest absolute Gasteiger partial charge is 0.348 e.